The van der Waals surface area contributed by atoms with Crippen molar-refractivity contribution in [3.05, 3.63) is 101 Å². The van der Waals surface area contributed by atoms with Crippen LogP contribution < -0.4 is 0 Å². The smallest absolute Gasteiger partial charge is 0.130 e. The summed E-state index contributed by atoms with van der Waals surface area (Å²) in [5.74, 6) is 0.319. The molecule has 0 spiro atoms. The van der Waals surface area contributed by atoms with Crippen molar-refractivity contribution >= 4 is 0 Å². The van der Waals surface area contributed by atoms with E-state index < -0.39 is 5.60 Å². The number of rotatable bonds is 5. The maximum atomic E-state index is 12.1. The van der Waals surface area contributed by atoms with E-state index in [-0.39, 0.29) is 6.04 Å². The Morgan fingerprint density at radius 3 is 2.14 bits per heavy atom. The van der Waals surface area contributed by atoms with Gasteiger partial charge in [-0.2, -0.15) is 0 Å². The van der Waals surface area contributed by atoms with E-state index in [2.05, 4.69) is 4.90 Å². The van der Waals surface area contributed by atoms with Gasteiger partial charge in [0.1, 0.15) is 11.4 Å². The van der Waals surface area contributed by atoms with Crippen LogP contribution >= 0.6 is 0 Å². The second kappa shape index (κ2) is 7.78. The number of hydrogen-bond donors (Lipinski definition) is 2. The molecule has 4 rings (SSSR count). The molecule has 144 valence electrons. The first-order valence-electron chi connectivity index (χ1n) is 9.95. The second-order valence-corrected chi connectivity index (χ2v) is 7.76. The molecule has 0 aliphatic carbocycles. The zero-order valence-electron chi connectivity index (χ0n) is 16.3. The quantitative estimate of drug-likeness (QED) is 0.687. The van der Waals surface area contributed by atoms with Crippen molar-refractivity contribution in [3.63, 3.8) is 0 Å². The topological polar surface area (TPSA) is 43.7 Å². The molecule has 1 heterocycles. The van der Waals surface area contributed by atoms with E-state index >= 15 is 0 Å². The van der Waals surface area contributed by atoms with E-state index in [4.69, 9.17) is 0 Å². The van der Waals surface area contributed by atoms with E-state index in [1.54, 1.807) is 6.07 Å². The molecule has 1 aliphatic rings. The first-order chi connectivity index (χ1) is 13.6. The lowest BCUT2D eigenvalue weighted by molar-refractivity contribution is -0.00672. The van der Waals surface area contributed by atoms with Crippen LogP contribution in [-0.2, 0) is 12.1 Å². The average molecular weight is 373 g/mol. The molecular weight excluding hydrogens is 346 g/mol. The molecule has 3 nitrogen and oxygen atoms in total. The highest BCUT2D eigenvalue weighted by Crippen LogP contribution is 2.41. The molecule has 0 bridgehead atoms. The van der Waals surface area contributed by atoms with Gasteiger partial charge in [0.05, 0.1) is 0 Å². The standard InChI is InChI=1S/C25H27NO2/c1-19-14-15-23(27)20(17-19)18-26-16-8-13-24(26)25(28,21-9-4-2-5-10-21)22-11-6-3-7-12-22/h2-7,9-12,14-15,17,24,27-28H,8,13,16,18H2,1H3/t24-/m0/s1. The molecule has 1 fully saturated rings. The van der Waals surface area contributed by atoms with Crippen molar-refractivity contribution in [1.82, 2.24) is 4.90 Å². The molecule has 0 aromatic heterocycles. The van der Waals surface area contributed by atoms with Crippen LogP contribution in [0.15, 0.2) is 78.9 Å². The van der Waals surface area contributed by atoms with Gasteiger partial charge < -0.3 is 10.2 Å². The fourth-order valence-electron chi connectivity index (χ4n) is 4.48. The van der Waals surface area contributed by atoms with Gasteiger partial charge >= 0.3 is 0 Å². The first-order valence-corrected chi connectivity index (χ1v) is 9.95. The molecule has 2 N–H and O–H groups in total. The molecule has 3 heteroatoms. The van der Waals surface area contributed by atoms with Gasteiger partial charge in [0.2, 0.25) is 0 Å². The lowest BCUT2D eigenvalue weighted by Crippen LogP contribution is -2.48. The average Bonchev–Trinajstić information content (AvgIpc) is 3.20. The van der Waals surface area contributed by atoms with Gasteiger partial charge in [0.25, 0.3) is 0 Å². The summed E-state index contributed by atoms with van der Waals surface area (Å²) < 4.78 is 0. The Morgan fingerprint density at radius 1 is 0.929 bits per heavy atom. The first kappa shape index (κ1) is 18.7. The Bertz CT molecular complexity index is 884. The number of aliphatic hydroxyl groups is 1. The van der Waals surface area contributed by atoms with Gasteiger partial charge in [-0.15, -0.1) is 0 Å². The monoisotopic (exact) mass is 373 g/mol. The van der Waals surface area contributed by atoms with E-state index in [0.717, 1.165) is 41.6 Å². The minimum absolute atomic E-state index is 0.0581. The van der Waals surface area contributed by atoms with Crippen LogP contribution in [0.2, 0.25) is 0 Å². The Labute approximate surface area is 166 Å². The number of phenolic OH excluding ortho intramolecular Hbond substituents is 1. The van der Waals surface area contributed by atoms with Crippen LogP contribution in [0, 0.1) is 6.92 Å². The number of hydrogen-bond acceptors (Lipinski definition) is 3. The molecule has 28 heavy (non-hydrogen) atoms. The molecule has 3 aromatic carbocycles. The molecule has 0 unspecified atom stereocenters. The van der Waals surface area contributed by atoms with Gasteiger partial charge in [-0.25, -0.2) is 0 Å². The van der Waals surface area contributed by atoms with E-state index in [1.165, 1.54) is 0 Å². The lowest BCUT2D eigenvalue weighted by Gasteiger charge is -2.40. The Kier molecular flexibility index (Phi) is 5.21. The largest absolute Gasteiger partial charge is 0.508 e. The highest BCUT2D eigenvalue weighted by Gasteiger charge is 2.45. The summed E-state index contributed by atoms with van der Waals surface area (Å²) >= 11 is 0. The summed E-state index contributed by atoms with van der Waals surface area (Å²) in [4.78, 5) is 2.31. The molecule has 1 saturated heterocycles. The maximum Gasteiger partial charge on any atom is 0.130 e. The van der Waals surface area contributed by atoms with Crippen LogP contribution in [-0.4, -0.2) is 27.7 Å². The molecule has 0 saturated carbocycles. The number of likely N-dealkylation sites (tertiary alicyclic amines) is 1. The Morgan fingerprint density at radius 2 is 1.54 bits per heavy atom. The fourth-order valence-corrected chi connectivity index (χ4v) is 4.48. The summed E-state index contributed by atoms with van der Waals surface area (Å²) in [6, 6.07) is 25.6. The van der Waals surface area contributed by atoms with Crippen LogP contribution in [0.5, 0.6) is 5.75 Å². The van der Waals surface area contributed by atoms with Crippen LogP contribution in [0.25, 0.3) is 0 Å². The fraction of sp³-hybridized carbons (Fsp3) is 0.280. The van der Waals surface area contributed by atoms with Gasteiger partial charge in [-0.3, -0.25) is 4.90 Å². The predicted molar refractivity (Wildman–Crippen MR) is 112 cm³/mol. The zero-order valence-corrected chi connectivity index (χ0v) is 16.3. The minimum atomic E-state index is -1.10. The van der Waals surface area contributed by atoms with Crippen molar-refractivity contribution in [3.8, 4) is 5.75 Å². The van der Waals surface area contributed by atoms with Gasteiger partial charge in [0, 0.05) is 18.2 Å². The summed E-state index contributed by atoms with van der Waals surface area (Å²) in [7, 11) is 0. The highest BCUT2D eigenvalue weighted by atomic mass is 16.3. The van der Waals surface area contributed by atoms with E-state index in [0.29, 0.717) is 12.3 Å². The number of aryl methyl sites for hydroxylation is 1. The van der Waals surface area contributed by atoms with Crippen LogP contribution in [0.3, 0.4) is 0 Å². The van der Waals surface area contributed by atoms with Crippen molar-refractivity contribution in [2.24, 2.45) is 0 Å². The van der Waals surface area contributed by atoms with Crippen molar-refractivity contribution < 1.29 is 10.2 Å². The van der Waals surface area contributed by atoms with Gasteiger partial charge in [0.15, 0.2) is 0 Å². The van der Waals surface area contributed by atoms with E-state index in [9.17, 15) is 10.2 Å². The van der Waals surface area contributed by atoms with Gasteiger partial charge in [-0.05, 0) is 43.5 Å². The number of nitrogens with zero attached hydrogens (tertiary/aromatic N) is 1. The summed E-state index contributed by atoms with van der Waals surface area (Å²) in [6.45, 7) is 3.56. The Hall–Kier alpha value is -2.62. The number of phenols is 1. The second-order valence-electron chi connectivity index (χ2n) is 7.76. The Balaban J connectivity index is 1.74. The molecule has 1 aliphatic heterocycles. The van der Waals surface area contributed by atoms with E-state index in [1.807, 2.05) is 79.7 Å². The van der Waals surface area contributed by atoms with Crippen LogP contribution in [0.4, 0.5) is 0 Å². The molecule has 1 atom stereocenters. The maximum absolute atomic E-state index is 12.1. The SMILES string of the molecule is Cc1ccc(O)c(CN2CCC[C@H]2C(O)(c2ccccc2)c2ccccc2)c1. The third-order valence-electron chi connectivity index (χ3n) is 5.88. The highest BCUT2D eigenvalue weighted by molar-refractivity contribution is 5.40. The van der Waals surface area contributed by atoms with Crippen molar-refractivity contribution in [2.75, 3.05) is 6.54 Å². The number of aromatic hydroxyl groups is 1. The summed E-state index contributed by atoms with van der Waals surface area (Å²) in [5, 5.41) is 22.5. The molecule has 3 aromatic rings. The zero-order chi connectivity index (χ0) is 19.6. The summed E-state index contributed by atoms with van der Waals surface area (Å²) in [5.41, 5.74) is 2.76. The molecule has 0 amide bonds. The number of benzene rings is 3. The minimum Gasteiger partial charge on any atom is -0.508 e. The van der Waals surface area contributed by atoms with Crippen LogP contribution in [0.1, 0.15) is 35.1 Å². The third kappa shape index (κ3) is 3.44. The molecular formula is C25H27NO2. The van der Waals surface area contributed by atoms with Gasteiger partial charge in [-0.1, -0.05) is 78.4 Å². The van der Waals surface area contributed by atoms with Crippen molar-refractivity contribution in [1.29, 1.82) is 0 Å². The predicted octanol–water partition coefficient (Wildman–Crippen LogP) is 4.60. The molecule has 0 radical (unpaired) electrons. The third-order valence-corrected chi connectivity index (χ3v) is 5.88. The summed E-state index contributed by atoms with van der Waals surface area (Å²) in [6.07, 6.45) is 1.94. The normalized spacial score (nSPS) is 17.7. The van der Waals surface area contributed by atoms with Crippen molar-refractivity contribution in [2.45, 2.75) is 38.0 Å². The lowest BCUT2D eigenvalue weighted by atomic mass is 9.79.